The van der Waals surface area contributed by atoms with E-state index >= 15 is 0 Å². The van der Waals surface area contributed by atoms with Crippen LogP contribution in [0.5, 0.6) is 11.5 Å². The van der Waals surface area contributed by atoms with Gasteiger partial charge in [-0.25, -0.2) is 4.79 Å². The van der Waals surface area contributed by atoms with Gasteiger partial charge in [-0.05, 0) is 80.9 Å². The third kappa shape index (κ3) is 4.83. The lowest BCUT2D eigenvalue weighted by atomic mass is 10.1. The van der Waals surface area contributed by atoms with Crippen LogP contribution in [0.15, 0.2) is 66.7 Å². The fourth-order valence-corrected chi connectivity index (χ4v) is 4.15. The number of carbonyl (C=O) groups is 1. The highest BCUT2D eigenvalue weighted by atomic mass is 35.5. The first-order valence-electron chi connectivity index (χ1n) is 10.9. The number of nitrogens with zero attached hydrogens (tertiary/aromatic N) is 1. The summed E-state index contributed by atoms with van der Waals surface area (Å²) in [5.41, 5.74) is 4.14. The summed E-state index contributed by atoms with van der Waals surface area (Å²) >= 11 is 6.08. The average molecular weight is 464 g/mol. The third-order valence-electron chi connectivity index (χ3n) is 5.36. The summed E-state index contributed by atoms with van der Waals surface area (Å²) < 4.78 is 19.0. The first-order chi connectivity index (χ1) is 16.0. The number of aromatic nitrogens is 1. The van der Waals surface area contributed by atoms with E-state index in [-0.39, 0.29) is 5.97 Å². The second-order valence-corrected chi connectivity index (χ2v) is 7.98. The molecule has 0 atom stereocenters. The SMILES string of the molecule is CCOC(=O)c1c(C)n(-c2ccc(OCC)cc2)c2ccc(OCc3cccc(Cl)c3)cc12. The average Bonchev–Trinajstić information content (AvgIpc) is 3.10. The van der Waals surface area contributed by atoms with Crippen LogP contribution in [0.25, 0.3) is 16.6 Å². The van der Waals surface area contributed by atoms with Gasteiger partial charge in [0.2, 0.25) is 0 Å². The molecule has 0 bridgehead atoms. The molecule has 0 N–H and O–H groups in total. The number of benzene rings is 3. The van der Waals surface area contributed by atoms with E-state index < -0.39 is 0 Å². The van der Waals surface area contributed by atoms with E-state index in [4.69, 9.17) is 25.8 Å². The Labute approximate surface area is 198 Å². The molecule has 6 heteroatoms. The highest BCUT2D eigenvalue weighted by molar-refractivity contribution is 6.30. The van der Waals surface area contributed by atoms with E-state index in [9.17, 15) is 4.79 Å². The van der Waals surface area contributed by atoms with Crippen molar-refractivity contribution in [1.29, 1.82) is 0 Å². The van der Waals surface area contributed by atoms with Crippen molar-refractivity contribution in [1.82, 2.24) is 4.57 Å². The molecule has 0 radical (unpaired) electrons. The van der Waals surface area contributed by atoms with Gasteiger partial charge in [-0.3, -0.25) is 0 Å². The van der Waals surface area contributed by atoms with E-state index in [1.165, 1.54) is 0 Å². The lowest BCUT2D eigenvalue weighted by Gasteiger charge is -2.11. The highest BCUT2D eigenvalue weighted by Crippen LogP contribution is 2.33. The number of halogens is 1. The fraction of sp³-hybridized carbons (Fsp3) is 0.222. The van der Waals surface area contributed by atoms with E-state index in [1.807, 2.05) is 80.6 Å². The molecule has 3 aromatic carbocycles. The van der Waals surface area contributed by atoms with Crippen molar-refractivity contribution in [2.45, 2.75) is 27.4 Å². The van der Waals surface area contributed by atoms with Crippen LogP contribution >= 0.6 is 11.6 Å². The van der Waals surface area contributed by atoms with Gasteiger partial charge in [0.25, 0.3) is 0 Å². The van der Waals surface area contributed by atoms with Crippen LogP contribution in [0.3, 0.4) is 0 Å². The minimum Gasteiger partial charge on any atom is -0.494 e. The van der Waals surface area contributed by atoms with Gasteiger partial charge in [0, 0.05) is 21.8 Å². The summed E-state index contributed by atoms with van der Waals surface area (Å²) in [7, 11) is 0. The van der Waals surface area contributed by atoms with E-state index in [0.717, 1.165) is 33.6 Å². The molecule has 0 saturated heterocycles. The summed E-state index contributed by atoms with van der Waals surface area (Å²) in [5, 5.41) is 1.45. The molecular formula is C27H26ClNO4. The predicted molar refractivity (Wildman–Crippen MR) is 131 cm³/mol. The Hall–Kier alpha value is -3.44. The molecule has 170 valence electrons. The van der Waals surface area contributed by atoms with E-state index in [0.29, 0.717) is 36.2 Å². The second kappa shape index (κ2) is 10.0. The van der Waals surface area contributed by atoms with Gasteiger partial charge < -0.3 is 18.8 Å². The van der Waals surface area contributed by atoms with Gasteiger partial charge in [-0.15, -0.1) is 0 Å². The van der Waals surface area contributed by atoms with Gasteiger partial charge in [-0.2, -0.15) is 0 Å². The topological polar surface area (TPSA) is 49.7 Å². The van der Waals surface area contributed by atoms with E-state index in [1.54, 1.807) is 6.92 Å². The van der Waals surface area contributed by atoms with Crippen molar-refractivity contribution < 1.29 is 19.0 Å². The Morgan fingerprint density at radius 3 is 2.36 bits per heavy atom. The molecular weight excluding hydrogens is 438 g/mol. The zero-order valence-electron chi connectivity index (χ0n) is 18.9. The predicted octanol–water partition coefficient (Wildman–Crippen LogP) is 6.75. The quantitative estimate of drug-likeness (QED) is 0.271. The third-order valence-corrected chi connectivity index (χ3v) is 5.59. The van der Waals surface area contributed by atoms with Crippen molar-refractivity contribution in [2.75, 3.05) is 13.2 Å². The molecule has 0 unspecified atom stereocenters. The van der Waals surface area contributed by atoms with Crippen LogP contribution in [-0.4, -0.2) is 23.8 Å². The van der Waals surface area contributed by atoms with Crippen LogP contribution in [-0.2, 0) is 11.3 Å². The molecule has 0 aliphatic rings. The van der Waals surface area contributed by atoms with Crippen molar-refractivity contribution in [3.63, 3.8) is 0 Å². The summed E-state index contributed by atoms with van der Waals surface area (Å²) in [6.45, 7) is 6.97. The number of ether oxygens (including phenoxy) is 3. The normalized spacial score (nSPS) is 10.9. The van der Waals surface area contributed by atoms with Crippen LogP contribution in [0, 0.1) is 6.92 Å². The van der Waals surface area contributed by atoms with Crippen LogP contribution in [0.2, 0.25) is 5.02 Å². The Kier molecular flexibility index (Phi) is 6.90. The molecule has 1 aromatic heterocycles. The fourth-order valence-electron chi connectivity index (χ4n) is 3.93. The molecule has 4 rings (SSSR count). The smallest absolute Gasteiger partial charge is 0.340 e. The standard InChI is InChI=1S/C27H26ClNO4/c1-4-31-22-11-9-21(10-12-22)29-18(3)26(27(30)32-5-2)24-16-23(13-14-25(24)29)33-17-19-7-6-8-20(28)15-19/h6-16H,4-5,17H2,1-3H3. The zero-order chi connectivity index (χ0) is 23.4. The zero-order valence-corrected chi connectivity index (χ0v) is 19.7. The minimum atomic E-state index is -0.350. The number of esters is 1. The molecule has 0 aliphatic carbocycles. The molecule has 33 heavy (non-hydrogen) atoms. The Morgan fingerprint density at radius 2 is 1.67 bits per heavy atom. The molecule has 1 heterocycles. The van der Waals surface area contributed by atoms with Crippen LogP contribution in [0.4, 0.5) is 0 Å². The van der Waals surface area contributed by atoms with Gasteiger partial charge in [0.1, 0.15) is 18.1 Å². The number of hydrogen-bond acceptors (Lipinski definition) is 4. The monoisotopic (exact) mass is 463 g/mol. The largest absolute Gasteiger partial charge is 0.494 e. The van der Waals surface area contributed by atoms with Crippen molar-refractivity contribution in [2.24, 2.45) is 0 Å². The van der Waals surface area contributed by atoms with Crippen LogP contribution in [0.1, 0.15) is 35.5 Å². The first-order valence-corrected chi connectivity index (χ1v) is 11.3. The Morgan fingerprint density at radius 1 is 0.909 bits per heavy atom. The number of rotatable bonds is 8. The van der Waals surface area contributed by atoms with Crippen molar-refractivity contribution in [3.05, 3.63) is 88.6 Å². The van der Waals surface area contributed by atoms with Gasteiger partial charge in [-0.1, -0.05) is 23.7 Å². The maximum absolute atomic E-state index is 12.9. The molecule has 5 nitrogen and oxygen atoms in total. The molecule has 0 amide bonds. The highest BCUT2D eigenvalue weighted by Gasteiger charge is 2.22. The number of fused-ring (bicyclic) bond motifs is 1. The lowest BCUT2D eigenvalue weighted by Crippen LogP contribution is -2.07. The Balaban J connectivity index is 1.75. The van der Waals surface area contributed by atoms with Gasteiger partial charge >= 0.3 is 5.97 Å². The van der Waals surface area contributed by atoms with Gasteiger partial charge in [0.05, 0.1) is 24.3 Å². The lowest BCUT2D eigenvalue weighted by molar-refractivity contribution is 0.0527. The van der Waals surface area contributed by atoms with Crippen molar-refractivity contribution in [3.8, 4) is 17.2 Å². The Bertz CT molecular complexity index is 1280. The maximum atomic E-state index is 12.9. The number of hydrogen-bond donors (Lipinski definition) is 0. The maximum Gasteiger partial charge on any atom is 0.340 e. The second-order valence-electron chi connectivity index (χ2n) is 7.54. The van der Waals surface area contributed by atoms with Crippen LogP contribution < -0.4 is 9.47 Å². The minimum absolute atomic E-state index is 0.305. The summed E-state index contributed by atoms with van der Waals surface area (Å²) in [6, 6.07) is 21.1. The summed E-state index contributed by atoms with van der Waals surface area (Å²) in [6.07, 6.45) is 0. The molecule has 4 aromatic rings. The summed E-state index contributed by atoms with van der Waals surface area (Å²) in [4.78, 5) is 12.9. The molecule has 0 spiro atoms. The van der Waals surface area contributed by atoms with Crippen molar-refractivity contribution >= 4 is 28.5 Å². The number of carbonyl (C=O) groups excluding carboxylic acids is 1. The van der Waals surface area contributed by atoms with Gasteiger partial charge in [0.15, 0.2) is 0 Å². The molecule has 0 fully saturated rings. The first kappa shape index (κ1) is 22.7. The van der Waals surface area contributed by atoms with E-state index in [2.05, 4.69) is 4.57 Å². The summed E-state index contributed by atoms with van der Waals surface area (Å²) in [5.74, 6) is 1.12. The molecule has 0 aliphatic heterocycles. The molecule has 0 saturated carbocycles.